The average molecular weight is 158 g/mol. The number of rotatable bonds is 2. The summed E-state index contributed by atoms with van der Waals surface area (Å²) in [5.41, 5.74) is 0. The van der Waals surface area contributed by atoms with Gasteiger partial charge in [0.05, 0.1) is 0 Å². The van der Waals surface area contributed by atoms with E-state index in [0.29, 0.717) is 6.08 Å². The first-order chi connectivity index (χ1) is 4.42. The largest absolute Gasteiger partial charge is 0.541 e. The average Bonchev–Trinajstić information content (AvgIpc) is 1.59. The molecule has 0 amide bonds. The Morgan fingerprint density at radius 2 is 1.70 bits per heavy atom. The molecule has 0 aromatic rings. The molecule has 6 heteroatoms. The van der Waals surface area contributed by atoms with Gasteiger partial charge in [0, 0.05) is 12.4 Å². The second-order valence-electron chi connectivity index (χ2n) is 1.57. The molecule has 0 radical (unpaired) electrons. The lowest BCUT2D eigenvalue weighted by Crippen LogP contribution is -2.01. The fourth-order valence-corrected chi connectivity index (χ4v) is 0.305. The molecule has 0 N–H and O–H groups in total. The van der Waals surface area contributed by atoms with Crippen molar-refractivity contribution in [3.63, 3.8) is 0 Å². The number of hydrogen-bond donors (Lipinski definition) is 0. The van der Waals surface area contributed by atoms with Gasteiger partial charge in [-0.15, -0.1) is 0 Å². The van der Waals surface area contributed by atoms with Crippen LogP contribution in [0, 0.1) is 0 Å². The van der Waals surface area contributed by atoms with E-state index in [1.807, 2.05) is 0 Å². The third-order valence-electron chi connectivity index (χ3n) is 0.621. The summed E-state index contributed by atoms with van der Waals surface area (Å²) >= 11 is 0. The Morgan fingerprint density at radius 1 is 1.20 bits per heavy atom. The number of allylic oxidation sites excluding steroid dienone is 2. The van der Waals surface area contributed by atoms with Crippen LogP contribution >= 0.6 is 0 Å². The Morgan fingerprint density at radius 3 is 2.00 bits per heavy atom. The molecule has 0 aliphatic rings. The van der Waals surface area contributed by atoms with Crippen LogP contribution in [0.2, 0.25) is 6.32 Å². The summed E-state index contributed by atoms with van der Waals surface area (Å²) in [6.07, 6.45) is -5.11. The van der Waals surface area contributed by atoms with E-state index in [-0.39, 0.29) is 6.08 Å². The van der Waals surface area contributed by atoms with Crippen molar-refractivity contribution < 1.29 is 21.8 Å². The van der Waals surface area contributed by atoms with Crippen LogP contribution in [-0.4, -0.2) is 13.4 Å². The summed E-state index contributed by atoms with van der Waals surface area (Å²) in [5, 5.41) is 0. The van der Waals surface area contributed by atoms with Gasteiger partial charge in [0.15, 0.2) is 0 Å². The van der Waals surface area contributed by atoms with E-state index in [4.69, 9.17) is 0 Å². The monoisotopic (exact) mass is 158 g/mol. The van der Waals surface area contributed by atoms with Crippen LogP contribution in [0.4, 0.5) is 21.8 Å². The lowest BCUT2D eigenvalue weighted by molar-refractivity contribution is -0.0799. The maximum Gasteiger partial charge on any atom is 0.541 e. The van der Waals surface area contributed by atoms with Gasteiger partial charge in [0.25, 0.3) is 0 Å². The molecule has 0 aliphatic carbocycles. The molecule has 0 rings (SSSR count). The van der Waals surface area contributed by atoms with Crippen LogP contribution in [-0.2, 0) is 0 Å². The van der Waals surface area contributed by atoms with Crippen molar-refractivity contribution in [2.75, 3.05) is 0 Å². The van der Waals surface area contributed by atoms with Gasteiger partial charge in [-0.3, -0.25) is 8.63 Å². The summed E-state index contributed by atoms with van der Waals surface area (Å²) in [4.78, 5) is 0. The van der Waals surface area contributed by atoms with E-state index < -0.39 is 19.8 Å². The molecule has 0 saturated heterocycles. The highest BCUT2D eigenvalue weighted by atomic mass is 19.4. The van der Waals surface area contributed by atoms with E-state index >= 15 is 0 Å². The maximum atomic E-state index is 11.2. The number of hydrogen-bond acceptors (Lipinski definition) is 0. The molecular weight excluding hydrogens is 154 g/mol. The Bertz CT molecular complexity index is 115. The molecule has 0 fully saturated rings. The number of halogens is 5. The second kappa shape index (κ2) is 3.58. The molecule has 0 spiro atoms. The Kier molecular flexibility index (Phi) is 3.39. The van der Waals surface area contributed by atoms with Gasteiger partial charge in [0.1, 0.15) is 0 Å². The fraction of sp³-hybridized carbons (Fsp3) is 0.500. The standard InChI is InChI=1S/C4H4BF5/c6-4(7,8)2-1-3-5(9)10/h1-2H,3H2/b2-1+. The molecule has 10 heavy (non-hydrogen) atoms. The summed E-state index contributed by atoms with van der Waals surface area (Å²) in [5.74, 6) is 0. The zero-order valence-corrected chi connectivity index (χ0v) is 4.83. The van der Waals surface area contributed by atoms with Crippen LogP contribution in [0.5, 0.6) is 0 Å². The third-order valence-corrected chi connectivity index (χ3v) is 0.621. The zero-order valence-electron chi connectivity index (χ0n) is 4.83. The van der Waals surface area contributed by atoms with E-state index in [1.165, 1.54) is 0 Å². The van der Waals surface area contributed by atoms with Gasteiger partial charge in [0.2, 0.25) is 0 Å². The molecule has 0 nitrogen and oxygen atoms in total. The van der Waals surface area contributed by atoms with Crippen molar-refractivity contribution in [2.24, 2.45) is 0 Å². The molecule has 0 unspecified atom stereocenters. The molecule has 0 atom stereocenters. The third kappa shape index (κ3) is 7.45. The smallest absolute Gasteiger partial charge is 0.287 e. The van der Waals surface area contributed by atoms with Crippen LogP contribution in [0.25, 0.3) is 0 Å². The van der Waals surface area contributed by atoms with Crippen molar-refractivity contribution >= 4 is 7.27 Å². The molecule has 0 aliphatic heterocycles. The lowest BCUT2D eigenvalue weighted by Gasteiger charge is -1.95. The summed E-state index contributed by atoms with van der Waals surface area (Å²) in [6, 6.07) is 0. The Hall–Kier alpha value is -0.545. The summed E-state index contributed by atoms with van der Waals surface area (Å²) < 4.78 is 55.9. The Balaban J connectivity index is 3.57. The molecule has 0 aromatic carbocycles. The van der Waals surface area contributed by atoms with E-state index in [0.717, 1.165) is 0 Å². The molecule has 0 saturated carbocycles. The van der Waals surface area contributed by atoms with E-state index in [2.05, 4.69) is 0 Å². The van der Waals surface area contributed by atoms with Crippen LogP contribution in [0.3, 0.4) is 0 Å². The highest BCUT2D eigenvalue weighted by molar-refractivity contribution is 6.43. The SMILES string of the molecule is FB(F)C/C=C/C(F)(F)F. The first-order valence-electron chi connectivity index (χ1n) is 2.44. The van der Waals surface area contributed by atoms with Gasteiger partial charge in [-0.2, -0.15) is 13.2 Å². The fourth-order valence-electron chi connectivity index (χ4n) is 0.305. The first-order valence-corrected chi connectivity index (χ1v) is 2.44. The van der Waals surface area contributed by atoms with E-state index in [9.17, 15) is 21.8 Å². The minimum absolute atomic E-state index is 0.195. The zero-order chi connectivity index (χ0) is 8.20. The number of alkyl halides is 3. The maximum absolute atomic E-state index is 11.2. The van der Waals surface area contributed by atoms with Gasteiger partial charge >= 0.3 is 13.4 Å². The van der Waals surface area contributed by atoms with Crippen LogP contribution in [0.15, 0.2) is 12.2 Å². The van der Waals surface area contributed by atoms with Gasteiger partial charge in [-0.1, -0.05) is 6.08 Å². The van der Waals surface area contributed by atoms with E-state index in [1.54, 1.807) is 0 Å². The van der Waals surface area contributed by atoms with Crippen molar-refractivity contribution in [1.82, 2.24) is 0 Å². The molecular formula is C4H4BF5. The van der Waals surface area contributed by atoms with Gasteiger partial charge < -0.3 is 0 Å². The molecule has 58 valence electrons. The summed E-state index contributed by atoms with van der Waals surface area (Å²) in [6.45, 7) is 0. The van der Waals surface area contributed by atoms with Crippen molar-refractivity contribution in [1.29, 1.82) is 0 Å². The predicted molar refractivity (Wildman–Crippen MR) is 28.0 cm³/mol. The van der Waals surface area contributed by atoms with Crippen molar-refractivity contribution in [3.05, 3.63) is 12.2 Å². The second-order valence-corrected chi connectivity index (χ2v) is 1.57. The highest BCUT2D eigenvalue weighted by Crippen LogP contribution is 2.16. The normalized spacial score (nSPS) is 12.5. The minimum Gasteiger partial charge on any atom is -0.287 e. The summed E-state index contributed by atoms with van der Waals surface area (Å²) in [7, 11) is -2.71. The Labute approximate surface area is 54.9 Å². The van der Waals surface area contributed by atoms with Crippen molar-refractivity contribution in [2.45, 2.75) is 12.5 Å². The molecule has 0 heterocycles. The van der Waals surface area contributed by atoms with Gasteiger partial charge in [-0.05, 0) is 0 Å². The molecule has 0 aromatic heterocycles. The van der Waals surface area contributed by atoms with Gasteiger partial charge in [-0.25, -0.2) is 0 Å². The first kappa shape index (κ1) is 9.45. The minimum atomic E-state index is -4.48. The quantitative estimate of drug-likeness (QED) is 0.329. The van der Waals surface area contributed by atoms with Crippen LogP contribution < -0.4 is 0 Å². The highest BCUT2D eigenvalue weighted by Gasteiger charge is 2.22. The van der Waals surface area contributed by atoms with Crippen LogP contribution in [0.1, 0.15) is 0 Å². The van der Waals surface area contributed by atoms with Crippen molar-refractivity contribution in [3.8, 4) is 0 Å². The predicted octanol–water partition coefficient (Wildman–Crippen LogP) is 2.53. The topological polar surface area (TPSA) is 0 Å². The lowest BCUT2D eigenvalue weighted by atomic mass is 9.93. The molecule has 0 bridgehead atoms.